The molecule has 0 bridgehead atoms. The highest BCUT2D eigenvalue weighted by Gasteiger charge is 2.34. The molecule has 0 fully saturated rings. The third kappa shape index (κ3) is 7.41. The van der Waals surface area contributed by atoms with E-state index in [9.17, 15) is 0 Å². The first kappa shape index (κ1) is 39.1. The van der Waals surface area contributed by atoms with Crippen LogP contribution < -0.4 is 9.30 Å². The van der Waals surface area contributed by atoms with Gasteiger partial charge >= 0.3 is 0 Å². The predicted octanol–water partition coefficient (Wildman–Crippen LogP) is 13.2. The summed E-state index contributed by atoms with van der Waals surface area (Å²) in [6.07, 6.45) is 5.81. The monoisotopic (exact) mass is 744 g/mol. The lowest BCUT2D eigenvalue weighted by molar-refractivity contribution is -0.611. The smallest absolute Gasteiger partial charge is 0.269 e. The zero-order valence-corrected chi connectivity index (χ0v) is 36.1. The summed E-state index contributed by atoms with van der Waals surface area (Å²) >= 11 is 0. The number of rotatable bonds is 6. The van der Waals surface area contributed by atoms with Gasteiger partial charge in [-0.2, -0.15) is 0 Å². The van der Waals surface area contributed by atoms with Gasteiger partial charge in [-0.05, 0) is 105 Å². The fraction of sp³-hybridized carbons (Fsp3) is 0.373. The van der Waals surface area contributed by atoms with Gasteiger partial charge < -0.3 is 4.74 Å². The van der Waals surface area contributed by atoms with E-state index in [0.29, 0.717) is 5.92 Å². The highest BCUT2D eigenvalue weighted by Crippen LogP contribution is 2.39. The first-order valence-corrected chi connectivity index (χ1v) is 20.2. The first-order valence-electron chi connectivity index (χ1n) is 20.2. The molecule has 0 unspecified atom stereocenters. The molecular weight excluding hydrogens is 685 g/mol. The van der Waals surface area contributed by atoms with Crippen LogP contribution in [0.5, 0.6) is 11.5 Å². The topological polar surface area (TPSA) is 35.9 Å². The highest BCUT2D eigenvalue weighted by atomic mass is 16.5. The third-order valence-corrected chi connectivity index (χ3v) is 10.8. The normalized spacial score (nSPS) is 13.0. The molecule has 7 aromatic rings. The average Bonchev–Trinajstić information content (AvgIpc) is 3.69. The van der Waals surface area contributed by atoms with Crippen LogP contribution in [0.15, 0.2) is 103 Å². The predicted molar refractivity (Wildman–Crippen MR) is 234 cm³/mol. The SMILES string of the molecule is CC(C)c1ccnc(-n2c3ccccc3c3ccc(Oc4cccc(-n5[c-][n+](-c6cc(C(C)(C)C)cc(C(C)(C)C)c6)c(C(C)(C)C)c5C(C)(C)C)c4)cc32)c1. The minimum Gasteiger partial charge on any atom is -0.458 e. The fourth-order valence-corrected chi connectivity index (χ4v) is 7.77. The summed E-state index contributed by atoms with van der Waals surface area (Å²) in [7, 11) is 0. The average molecular weight is 745 g/mol. The van der Waals surface area contributed by atoms with E-state index in [1.807, 2.05) is 12.3 Å². The van der Waals surface area contributed by atoms with Crippen LogP contribution in [0.1, 0.15) is 131 Å². The minimum atomic E-state index is -0.185. The van der Waals surface area contributed by atoms with Gasteiger partial charge in [0, 0.05) is 23.0 Å². The number of benzene rings is 4. The van der Waals surface area contributed by atoms with Gasteiger partial charge in [-0.1, -0.05) is 127 Å². The number of hydrogen-bond donors (Lipinski definition) is 0. The van der Waals surface area contributed by atoms with Crippen molar-refractivity contribution in [3.05, 3.63) is 138 Å². The maximum atomic E-state index is 6.75. The minimum absolute atomic E-state index is 0.00836. The number of ether oxygens (including phenoxy) is 1. The Balaban J connectivity index is 1.37. The van der Waals surface area contributed by atoms with Crippen LogP contribution in [0.2, 0.25) is 0 Å². The van der Waals surface area contributed by atoms with Gasteiger partial charge in [0.15, 0.2) is 0 Å². The van der Waals surface area contributed by atoms with E-state index in [1.54, 1.807) is 0 Å². The van der Waals surface area contributed by atoms with Crippen LogP contribution in [0.3, 0.4) is 0 Å². The maximum Gasteiger partial charge on any atom is 0.269 e. The molecule has 56 heavy (non-hydrogen) atoms. The molecule has 0 saturated heterocycles. The zero-order valence-electron chi connectivity index (χ0n) is 36.1. The summed E-state index contributed by atoms with van der Waals surface area (Å²) in [5.41, 5.74) is 10.3. The van der Waals surface area contributed by atoms with Crippen molar-refractivity contribution < 1.29 is 9.30 Å². The molecule has 0 amide bonds. The van der Waals surface area contributed by atoms with E-state index >= 15 is 0 Å². The number of pyridine rings is 1. The fourth-order valence-electron chi connectivity index (χ4n) is 7.77. The van der Waals surface area contributed by atoms with E-state index < -0.39 is 0 Å². The molecule has 0 radical (unpaired) electrons. The van der Waals surface area contributed by atoms with Crippen molar-refractivity contribution in [2.75, 3.05) is 0 Å². The molecular formula is C51H60N4O. The summed E-state index contributed by atoms with van der Waals surface area (Å²) in [5, 5.41) is 2.36. The highest BCUT2D eigenvalue weighted by molar-refractivity contribution is 6.09. The van der Waals surface area contributed by atoms with Gasteiger partial charge in [-0.25, -0.2) is 4.98 Å². The number of hydrogen-bond acceptors (Lipinski definition) is 2. The van der Waals surface area contributed by atoms with Crippen LogP contribution in [0.4, 0.5) is 0 Å². The molecule has 4 aromatic carbocycles. The molecule has 290 valence electrons. The van der Waals surface area contributed by atoms with Crippen LogP contribution in [0, 0.1) is 6.33 Å². The Morgan fingerprint density at radius 2 is 1.25 bits per heavy atom. The molecule has 0 atom stereocenters. The quantitative estimate of drug-likeness (QED) is 0.126. The Hall–Kier alpha value is -5.16. The first-order chi connectivity index (χ1) is 26.1. The summed E-state index contributed by atoms with van der Waals surface area (Å²) in [5.74, 6) is 2.84. The van der Waals surface area contributed by atoms with Crippen LogP contribution in [-0.2, 0) is 21.7 Å². The standard InChI is InChI=1S/C51H60N4O/c1-33(2)34-24-25-52-45(26-34)55-43-21-16-15-20-41(43)42-23-22-40(31-44(42)55)56-39-19-17-18-37(30-39)53-32-54(47(51(12,13)14)46(53)50(9,10)11)38-28-35(48(3,4)5)27-36(29-38)49(6,7)8/h15-31,33H,1-14H3. The van der Waals surface area contributed by atoms with Gasteiger partial charge in [0.1, 0.15) is 17.3 Å². The van der Waals surface area contributed by atoms with Crippen LogP contribution in [0.25, 0.3) is 39.0 Å². The molecule has 5 heteroatoms. The second-order valence-corrected chi connectivity index (χ2v) is 20.0. The van der Waals surface area contributed by atoms with Gasteiger partial charge in [0.05, 0.1) is 33.8 Å². The van der Waals surface area contributed by atoms with E-state index in [1.165, 1.54) is 38.9 Å². The van der Waals surface area contributed by atoms with Crippen molar-refractivity contribution in [2.24, 2.45) is 0 Å². The maximum absolute atomic E-state index is 6.75. The molecule has 3 heterocycles. The van der Waals surface area contributed by atoms with Crippen molar-refractivity contribution in [3.63, 3.8) is 0 Å². The number of aromatic nitrogens is 4. The molecule has 0 aliphatic carbocycles. The lowest BCUT2D eigenvalue weighted by Crippen LogP contribution is -2.41. The van der Waals surface area contributed by atoms with Gasteiger partial charge in [-0.3, -0.25) is 13.7 Å². The molecule has 0 aliphatic rings. The van der Waals surface area contributed by atoms with E-state index in [4.69, 9.17) is 9.72 Å². The Morgan fingerprint density at radius 1 is 0.607 bits per heavy atom. The number of imidazole rings is 1. The van der Waals surface area contributed by atoms with Crippen LogP contribution >= 0.6 is 0 Å². The molecule has 0 spiro atoms. The van der Waals surface area contributed by atoms with Crippen molar-refractivity contribution in [2.45, 2.75) is 125 Å². The second-order valence-electron chi connectivity index (χ2n) is 20.0. The zero-order chi connectivity index (χ0) is 40.5. The van der Waals surface area contributed by atoms with Gasteiger partial charge in [-0.15, -0.1) is 0 Å². The Labute approximate surface area is 335 Å². The van der Waals surface area contributed by atoms with Crippen molar-refractivity contribution in [3.8, 4) is 28.7 Å². The van der Waals surface area contributed by atoms with E-state index in [2.05, 4.69) is 208 Å². The Bertz CT molecular complexity index is 2540. The Kier molecular flexibility index (Phi) is 9.63. The van der Waals surface area contributed by atoms with Gasteiger partial charge in [0.2, 0.25) is 0 Å². The van der Waals surface area contributed by atoms with Gasteiger partial charge in [0.25, 0.3) is 6.33 Å². The summed E-state index contributed by atoms with van der Waals surface area (Å²) < 4.78 is 13.6. The Morgan fingerprint density at radius 3 is 1.88 bits per heavy atom. The summed E-state index contributed by atoms with van der Waals surface area (Å²) in [4.78, 5) is 4.85. The second kappa shape index (κ2) is 13.8. The van der Waals surface area contributed by atoms with E-state index in [-0.39, 0.29) is 21.7 Å². The van der Waals surface area contributed by atoms with Crippen molar-refractivity contribution in [1.82, 2.24) is 14.1 Å². The molecule has 3 aromatic heterocycles. The number of fused-ring (bicyclic) bond motifs is 3. The largest absolute Gasteiger partial charge is 0.458 e. The molecule has 7 rings (SSSR count). The van der Waals surface area contributed by atoms with Crippen molar-refractivity contribution in [1.29, 1.82) is 0 Å². The lowest BCUT2D eigenvalue weighted by Gasteiger charge is -2.31. The number of nitrogens with zero attached hydrogens (tertiary/aromatic N) is 4. The van der Waals surface area contributed by atoms with Crippen LogP contribution in [-0.4, -0.2) is 14.1 Å². The number of para-hydroxylation sites is 1. The molecule has 0 saturated carbocycles. The van der Waals surface area contributed by atoms with Crippen molar-refractivity contribution >= 4 is 21.8 Å². The van der Waals surface area contributed by atoms with E-state index in [0.717, 1.165) is 39.7 Å². The molecule has 5 nitrogen and oxygen atoms in total. The summed E-state index contributed by atoms with van der Waals surface area (Å²) in [6.45, 7) is 32.1. The molecule has 0 aliphatic heterocycles. The summed E-state index contributed by atoms with van der Waals surface area (Å²) in [6, 6.07) is 34.8. The third-order valence-electron chi connectivity index (χ3n) is 10.8. The lowest BCUT2D eigenvalue weighted by atomic mass is 9.79. The molecule has 0 N–H and O–H groups in total.